The van der Waals surface area contributed by atoms with Gasteiger partial charge in [0, 0.05) is 37.6 Å². The topological polar surface area (TPSA) is 43.2 Å². The Morgan fingerprint density at radius 2 is 1.59 bits per heavy atom. The number of hydrogen-bond acceptors (Lipinski definition) is 5. The Kier molecular flexibility index (Phi) is 7.80. The first-order valence-corrected chi connectivity index (χ1v) is 11.9. The lowest BCUT2D eigenvalue weighted by molar-refractivity contribution is -0.0498. The smallest absolute Gasteiger partial charge is 0.387 e. The number of alkyl halides is 2. The lowest BCUT2D eigenvalue weighted by Gasteiger charge is -2.14. The molecule has 5 nitrogen and oxygen atoms in total. The van der Waals surface area contributed by atoms with Crippen LogP contribution in [0.4, 0.5) is 14.5 Å². The zero-order valence-electron chi connectivity index (χ0n) is 19.1. The summed E-state index contributed by atoms with van der Waals surface area (Å²) in [4.78, 5) is 2.06. The molecule has 0 saturated carbocycles. The highest BCUT2D eigenvalue weighted by Gasteiger charge is 2.15. The second-order valence-corrected chi connectivity index (χ2v) is 8.89. The number of anilines is 1. The average molecular weight is 481 g/mol. The monoisotopic (exact) mass is 480 g/mol. The van der Waals surface area contributed by atoms with Crippen molar-refractivity contribution in [2.75, 3.05) is 19.0 Å². The van der Waals surface area contributed by atoms with E-state index in [-0.39, 0.29) is 5.75 Å². The van der Waals surface area contributed by atoms with E-state index < -0.39 is 6.61 Å². The number of hydrogen-bond donors (Lipinski definition) is 0. The molecule has 3 aromatic carbocycles. The Morgan fingerprint density at radius 3 is 2.24 bits per heavy atom. The van der Waals surface area contributed by atoms with Gasteiger partial charge in [0.2, 0.25) is 0 Å². The summed E-state index contributed by atoms with van der Waals surface area (Å²) in [6.45, 7) is -2.08. The number of aromatic nitrogens is 3. The van der Waals surface area contributed by atoms with Gasteiger partial charge in [-0.3, -0.25) is 0 Å². The molecule has 4 rings (SSSR count). The maximum Gasteiger partial charge on any atom is 0.387 e. The maximum atomic E-state index is 12.4. The van der Waals surface area contributed by atoms with Gasteiger partial charge in [-0.05, 0) is 53.9 Å². The first kappa shape index (κ1) is 23.8. The Bertz CT molecular complexity index is 1180. The molecular weight excluding hydrogens is 454 g/mol. The van der Waals surface area contributed by atoms with Crippen LogP contribution < -0.4 is 9.64 Å². The number of halogens is 2. The summed E-state index contributed by atoms with van der Waals surface area (Å²) in [5, 5.41) is 9.80. The first-order chi connectivity index (χ1) is 16.5. The Morgan fingerprint density at radius 1 is 0.882 bits per heavy atom. The third-order valence-electron chi connectivity index (χ3n) is 5.34. The predicted molar refractivity (Wildman–Crippen MR) is 133 cm³/mol. The fourth-order valence-corrected chi connectivity index (χ4v) is 4.44. The summed E-state index contributed by atoms with van der Waals surface area (Å²) >= 11 is 1.57. The molecular formula is C26H26F2N4OS. The van der Waals surface area contributed by atoms with Gasteiger partial charge >= 0.3 is 6.61 Å². The van der Waals surface area contributed by atoms with E-state index >= 15 is 0 Å². The van der Waals surface area contributed by atoms with Crippen molar-refractivity contribution in [2.24, 2.45) is 0 Å². The van der Waals surface area contributed by atoms with Crippen molar-refractivity contribution in [3.05, 3.63) is 90.0 Å². The van der Waals surface area contributed by atoms with Crippen molar-refractivity contribution >= 4 is 17.4 Å². The van der Waals surface area contributed by atoms with Gasteiger partial charge in [0.15, 0.2) is 11.0 Å². The van der Waals surface area contributed by atoms with E-state index in [1.54, 1.807) is 36.0 Å². The molecule has 0 aliphatic rings. The van der Waals surface area contributed by atoms with Gasteiger partial charge in [0.05, 0.1) is 0 Å². The van der Waals surface area contributed by atoms with Crippen molar-refractivity contribution < 1.29 is 13.5 Å². The molecule has 0 spiro atoms. The minimum absolute atomic E-state index is 0.151. The quantitative estimate of drug-likeness (QED) is 0.255. The lowest BCUT2D eigenvalue weighted by Crippen LogP contribution is -2.08. The number of rotatable bonds is 10. The SMILES string of the molecule is CN(C)c1ccc(-c2nnc(SCc3ccc(OC(F)F)cc3)n2CCc2ccccc2)cc1. The molecule has 0 fully saturated rings. The van der Waals surface area contributed by atoms with Crippen LogP contribution in [-0.4, -0.2) is 35.5 Å². The molecule has 176 valence electrons. The van der Waals surface area contributed by atoms with Crippen LogP contribution in [0.15, 0.2) is 84.0 Å². The third-order valence-corrected chi connectivity index (χ3v) is 6.38. The highest BCUT2D eigenvalue weighted by molar-refractivity contribution is 7.98. The first-order valence-electron chi connectivity index (χ1n) is 10.9. The minimum Gasteiger partial charge on any atom is -0.435 e. The number of thioether (sulfide) groups is 1. The molecule has 0 N–H and O–H groups in total. The zero-order valence-corrected chi connectivity index (χ0v) is 19.9. The van der Waals surface area contributed by atoms with Gasteiger partial charge < -0.3 is 14.2 Å². The van der Waals surface area contributed by atoms with Crippen molar-refractivity contribution in [1.82, 2.24) is 14.8 Å². The summed E-state index contributed by atoms with van der Waals surface area (Å²) in [6, 6.07) is 25.3. The molecule has 0 radical (unpaired) electrons. The van der Waals surface area contributed by atoms with Crippen molar-refractivity contribution in [3.8, 4) is 17.1 Å². The molecule has 0 aliphatic carbocycles. The molecule has 4 aromatic rings. The Hall–Kier alpha value is -3.39. The summed E-state index contributed by atoms with van der Waals surface area (Å²) < 4.78 is 31.4. The lowest BCUT2D eigenvalue weighted by atomic mass is 10.1. The number of aryl methyl sites for hydroxylation is 1. The van der Waals surface area contributed by atoms with E-state index in [1.807, 2.05) is 32.3 Å². The van der Waals surface area contributed by atoms with Gasteiger partial charge in [0.1, 0.15) is 5.75 Å². The number of nitrogens with zero attached hydrogens (tertiary/aromatic N) is 4. The largest absolute Gasteiger partial charge is 0.435 e. The van der Waals surface area contributed by atoms with Gasteiger partial charge in [-0.2, -0.15) is 8.78 Å². The van der Waals surface area contributed by atoms with Crippen LogP contribution >= 0.6 is 11.8 Å². The summed E-state index contributed by atoms with van der Waals surface area (Å²) in [6.07, 6.45) is 0.856. The molecule has 8 heteroatoms. The zero-order chi connectivity index (χ0) is 23.9. The second kappa shape index (κ2) is 11.2. The van der Waals surface area contributed by atoms with Crippen LogP contribution in [0, 0.1) is 0 Å². The van der Waals surface area contributed by atoms with Crippen molar-refractivity contribution in [1.29, 1.82) is 0 Å². The van der Waals surface area contributed by atoms with E-state index in [2.05, 4.69) is 60.8 Å². The molecule has 0 aliphatic heterocycles. The highest BCUT2D eigenvalue weighted by atomic mass is 32.2. The summed E-state index contributed by atoms with van der Waals surface area (Å²) in [5.41, 5.74) is 4.36. The van der Waals surface area contributed by atoms with Crippen molar-refractivity contribution in [2.45, 2.75) is 30.5 Å². The van der Waals surface area contributed by atoms with Crippen LogP contribution in [0.2, 0.25) is 0 Å². The van der Waals surface area contributed by atoms with Gasteiger partial charge in [0.25, 0.3) is 0 Å². The van der Waals surface area contributed by atoms with Crippen LogP contribution in [0.25, 0.3) is 11.4 Å². The van der Waals surface area contributed by atoms with Crippen LogP contribution in [-0.2, 0) is 18.7 Å². The molecule has 34 heavy (non-hydrogen) atoms. The van der Waals surface area contributed by atoms with E-state index in [0.29, 0.717) is 5.75 Å². The van der Waals surface area contributed by atoms with E-state index in [1.165, 1.54) is 5.56 Å². The Balaban J connectivity index is 1.54. The molecule has 0 bridgehead atoms. The van der Waals surface area contributed by atoms with Crippen LogP contribution in [0.1, 0.15) is 11.1 Å². The van der Waals surface area contributed by atoms with Gasteiger partial charge in [-0.1, -0.05) is 54.2 Å². The normalized spacial score (nSPS) is 11.1. The van der Waals surface area contributed by atoms with E-state index in [4.69, 9.17) is 0 Å². The molecule has 1 heterocycles. The molecule has 0 atom stereocenters. The fourth-order valence-electron chi connectivity index (χ4n) is 3.52. The molecule has 0 unspecified atom stereocenters. The predicted octanol–water partition coefficient (Wildman–Crippen LogP) is 6.15. The van der Waals surface area contributed by atoms with Gasteiger partial charge in [-0.15, -0.1) is 10.2 Å². The average Bonchev–Trinajstić information content (AvgIpc) is 3.25. The standard InChI is InChI=1S/C26H26F2N4OS/c1-31(2)22-12-10-21(11-13-22)24-29-30-26(32(24)17-16-19-6-4-3-5-7-19)34-18-20-8-14-23(15-9-20)33-25(27)28/h3-15,25H,16-18H2,1-2H3. The number of ether oxygens (including phenoxy) is 1. The Labute approximate surface area is 202 Å². The highest BCUT2D eigenvalue weighted by Crippen LogP contribution is 2.28. The molecule has 0 saturated heterocycles. The van der Waals surface area contributed by atoms with Crippen LogP contribution in [0.5, 0.6) is 5.75 Å². The summed E-state index contributed by atoms with van der Waals surface area (Å²) in [7, 11) is 4.02. The minimum atomic E-state index is -2.83. The van der Waals surface area contributed by atoms with Gasteiger partial charge in [-0.25, -0.2) is 0 Å². The van der Waals surface area contributed by atoms with E-state index in [0.717, 1.165) is 40.8 Å². The second-order valence-electron chi connectivity index (χ2n) is 7.95. The third kappa shape index (κ3) is 6.14. The maximum absolute atomic E-state index is 12.4. The molecule has 0 amide bonds. The number of benzene rings is 3. The fraction of sp³-hybridized carbons (Fsp3) is 0.231. The van der Waals surface area contributed by atoms with Crippen molar-refractivity contribution in [3.63, 3.8) is 0 Å². The summed E-state index contributed by atoms with van der Waals surface area (Å²) in [5.74, 6) is 1.61. The molecule has 1 aromatic heterocycles. The van der Waals surface area contributed by atoms with E-state index in [9.17, 15) is 8.78 Å². The van der Waals surface area contributed by atoms with Crippen LogP contribution in [0.3, 0.4) is 0 Å².